The summed E-state index contributed by atoms with van der Waals surface area (Å²) in [4.78, 5) is 18.9. The zero-order chi connectivity index (χ0) is 16.1. The molecule has 2 fully saturated rings. The van der Waals surface area contributed by atoms with Crippen LogP contribution in [0.1, 0.15) is 44.9 Å². The Hall–Kier alpha value is -1.08. The molecule has 3 heterocycles. The third-order valence-corrected chi connectivity index (χ3v) is 6.07. The van der Waals surface area contributed by atoms with Gasteiger partial charge >= 0.3 is 0 Å². The van der Waals surface area contributed by atoms with Gasteiger partial charge in [0.25, 0.3) is 0 Å². The number of rotatable bonds is 4. The van der Waals surface area contributed by atoms with Crippen LogP contribution >= 0.6 is 11.8 Å². The number of nitrogens with zero attached hydrogens (tertiary/aromatic N) is 3. The van der Waals surface area contributed by atoms with E-state index in [0.29, 0.717) is 16.3 Å². The lowest BCUT2D eigenvalue weighted by atomic mass is 9.73. The Morgan fingerprint density at radius 2 is 2.09 bits per heavy atom. The molecule has 3 rings (SSSR count). The van der Waals surface area contributed by atoms with Crippen molar-refractivity contribution in [2.45, 2.75) is 50.6 Å². The van der Waals surface area contributed by atoms with Gasteiger partial charge in [-0.2, -0.15) is 0 Å². The molecular weight excluding hydrogens is 310 g/mol. The summed E-state index contributed by atoms with van der Waals surface area (Å²) in [5.74, 6) is 1.54. The van der Waals surface area contributed by atoms with Crippen molar-refractivity contribution in [1.82, 2.24) is 25.4 Å². The predicted octanol–water partition coefficient (Wildman–Crippen LogP) is 1.84. The van der Waals surface area contributed by atoms with Crippen LogP contribution < -0.4 is 5.32 Å². The first-order valence-corrected chi connectivity index (χ1v) is 9.72. The van der Waals surface area contributed by atoms with Gasteiger partial charge < -0.3 is 10.2 Å². The Morgan fingerprint density at radius 3 is 2.83 bits per heavy atom. The smallest absolute Gasteiger partial charge is 0.233 e. The van der Waals surface area contributed by atoms with E-state index in [1.54, 1.807) is 0 Å². The zero-order valence-corrected chi connectivity index (χ0v) is 14.8. The highest BCUT2D eigenvalue weighted by molar-refractivity contribution is 7.99. The average molecular weight is 337 g/mol. The van der Waals surface area contributed by atoms with E-state index in [1.165, 1.54) is 31.0 Å². The van der Waals surface area contributed by atoms with Gasteiger partial charge in [0.1, 0.15) is 5.82 Å². The Kier molecular flexibility index (Phi) is 5.58. The highest BCUT2D eigenvalue weighted by Crippen LogP contribution is 2.39. The van der Waals surface area contributed by atoms with E-state index in [2.05, 4.69) is 25.4 Å². The van der Waals surface area contributed by atoms with Crippen LogP contribution in [0.4, 0.5) is 0 Å². The summed E-state index contributed by atoms with van der Waals surface area (Å²) < 4.78 is 0. The molecule has 0 bridgehead atoms. The van der Waals surface area contributed by atoms with E-state index in [-0.39, 0.29) is 5.91 Å². The molecule has 7 heteroatoms. The van der Waals surface area contributed by atoms with Gasteiger partial charge in [0.05, 0.1) is 5.75 Å². The molecule has 23 heavy (non-hydrogen) atoms. The first kappa shape index (κ1) is 16.8. The molecule has 1 aromatic heterocycles. The van der Waals surface area contributed by atoms with Crippen molar-refractivity contribution in [3.05, 3.63) is 5.82 Å². The number of aromatic nitrogens is 3. The molecule has 2 saturated heterocycles. The van der Waals surface area contributed by atoms with E-state index in [1.807, 2.05) is 6.92 Å². The fraction of sp³-hybridized carbons (Fsp3) is 0.812. The Balaban J connectivity index is 1.49. The third-order valence-electron chi connectivity index (χ3n) is 5.23. The zero-order valence-electron chi connectivity index (χ0n) is 13.9. The van der Waals surface area contributed by atoms with Gasteiger partial charge in [0.2, 0.25) is 11.1 Å². The lowest BCUT2D eigenvalue weighted by Crippen LogP contribution is -2.38. The quantitative estimate of drug-likeness (QED) is 0.820. The lowest BCUT2D eigenvalue weighted by molar-refractivity contribution is -0.128. The predicted molar refractivity (Wildman–Crippen MR) is 91.5 cm³/mol. The van der Waals surface area contributed by atoms with Gasteiger partial charge in [-0.1, -0.05) is 18.7 Å². The maximum atomic E-state index is 12.5. The minimum Gasteiger partial charge on any atom is -0.342 e. The Labute approximate surface area is 142 Å². The van der Waals surface area contributed by atoms with Gasteiger partial charge in [-0.25, -0.2) is 4.98 Å². The first-order chi connectivity index (χ1) is 11.2. The Bertz CT molecular complexity index is 526. The number of aromatic amines is 1. The van der Waals surface area contributed by atoms with Crippen LogP contribution in [-0.4, -0.2) is 57.9 Å². The summed E-state index contributed by atoms with van der Waals surface area (Å²) in [6.07, 6.45) is 6.93. The Morgan fingerprint density at radius 1 is 1.26 bits per heavy atom. The topological polar surface area (TPSA) is 73.9 Å². The first-order valence-electron chi connectivity index (χ1n) is 8.73. The summed E-state index contributed by atoms with van der Waals surface area (Å²) in [6.45, 7) is 6.12. The normalized spacial score (nSPS) is 21.3. The maximum Gasteiger partial charge on any atom is 0.233 e. The summed E-state index contributed by atoms with van der Waals surface area (Å²) >= 11 is 1.44. The highest BCUT2D eigenvalue weighted by Gasteiger charge is 2.34. The van der Waals surface area contributed by atoms with Gasteiger partial charge in [0.15, 0.2) is 0 Å². The summed E-state index contributed by atoms with van der Waals surface area (Å²) in [7, 11) is 0. The van der Waals surface area contributed by atoms with Gasteiger partial charge in [-0.05, 0) is 50.6 Å². The molecule has 0 atom stereocenters. The van der Waals surface area contributed by atoms with Crippen molar-refractivity contribution in [1.29, 1.82) is 0 Å². The fourth-order valence-corrected chi connectivity index (χ4v) is 4.40. The van der Waals surface area contributed by atoms with Crippen LogP contribution in [0.25, 0.3) is 0 Å². The summed E-state index contributed by atoms with van der Waals surface area (Å²) in [5.41, 5.74) is 0.479. The number of nitrogens with one attached hydrogen (secondary N) is 2. The second kappa shape index (κ2) is 7.66. The van der Waals surface area contributed by atoms with Gasteiger partial charge in [-0.3, -0.25) is 9.89 Å². The van der Waals surface area contributed by atoms with Crippen molar-refractivity contribution in [2.75, 3.05) is 31.9 Å². The molecular formula is C16H27N5OS. The second-order valence-corrected chi connectivity index (χ2v) is 7.63. The number of carbonyl (C=O) groups excluding carboxylic acids is 1. The van der Waals surface area contributed by atoms with Crippen molar-refractivity contribution in [3.63, 3.8) is 0 Å². The number of hydrogen-bond donors (Lipinski definition) is 2. The minimum atomic E-state index is 0.226. The molecule has 0 aromatic carbocycles. The lowest BCUT2D eigenvalue weighted by Gasteiger charge is -2.37. The monoisotopic (exact) mass is 337 g/mol. The third kappa shape index (κ3) is 4.26. The molecule has 6 nitrogen and oxygen atoms in total. The number of likely N-dealkylation sites (tertiary alicyclic amines) is 1. The minimum absolute atomic E-state index is 0.226. The van der Waals surface area contributed by atoms with Crippen LogP contribution in [0.5, 0.6) is 0 Å². The molecule has 0 radical (unpaired) electrons. The molecule has 2 N–H and O–H groups in total. The van der Waals surface area contributed by atoms with Gasteiger partial charge in [-0.15, -0.1) is 5.10 Å². The molecule has 1 spiro atoms. The standard InChI is InChI=1S/C16H27N5OS/c1-2-13-18-15(20-19-13)23-12-14(22)21-10-3-4-16(7-11-21)5-8-17-9-6-16/h17H,2-12H2,1H3,(H,18,19,20). The highest BCUT2D eigenvalue weighted by atomic mass is 32.2. The van der Waals surface area contributed by atoms with Crippen LogP contribution in [0.2, 0.25) is 0 Å². The fourth-order valence-electron chi connectivity index (χ4n) is 3.68. The number of amides is 1. The SMILES string of the molecule is CCc1nc(SCC(=O)N2CCCC3(CCNCC3)CC2)n[nH]1. The molecule has 128 valence electrons. The van der Waals surface area contributed by atoms with Crippen LogP contribution in [-0.2, 0) is 11.2 Å². The van der Waals surface area contributed by atoms with E-state index >= 15 is 0 Å². The molecule has 0 unspecified atom stereocenters. The van der Waals surface area contributed by atoms with Crippen molar-refractivity contribution >= 4 is 17.7 Å². The average Bonchev–Trinajstić information content (AvgIpc) is 2.95. The number of carbonyl (C=O) groups is 1. The number of piperidine rings is 1. The van der Waals surface area contributed by atoms with E-state index in [9.17, 15) is 4.79 Å². The molecule has 0 aliphatic carbocycles. The largest absolute Gasteiger partial charge is 0.342 e. The van der Waals surface area contributed by atoms with Crippen LogP contribution in [0, 0.1) is 5.41 Å². The van der Waals surface area contributed by atoms with Crippen molar-refractivity contribution in [3.8, 4) is 0 Å². The summed E-state index contributed by atoms with van der Waals surface area (Å²) in [5, 5.41) is 11.2. The number of thioether (sulfide) groups is 1. The molecule has 0 saturated carbocycles. The van der Waals surface area contributed by atoms with E-state index < -0.39 is 0 Å². The molecule has 1 aromatic rings. The van der Waals surface area contributed by atoms with Crippen LogP contribution in [0.15, 0.2) is 5.16 Å². The van der Waals surface area contributed by atoms with Crippen LogP contribution in [0.3, 0.4) is 0 Å². The van der Waals surface area contributed by atoms with Crippen molar-refractivity contribution < 1.29 is 4.79 Å². The summed E-state index contributed by atoms with van der Waals surface area (Å²) in [6, 6.07) is 0. The van der Waals surface area contributed by atoms with E-state index in [4.69, 9.17) is 0 Å². The van der Waals surface area contributed by atoms with Crippen molar-refractivity contribution in [2.24, 2.45) is 5.41 Å². The number of H-pyrrole nitrogens is 1. The second-order valence-electron chi connectivity index (χ2n) is 6.69. The van der Waals surface area contributed by atoms with E-state index in [0.717, 1.165) is 51.3 Å². The molecule has 1 amide bonds. The maximum absolute atomic E-state index is 12.5. The van der Waals surface area contributed by atoms with Gasteiger partial charge in [0, 0.05) is 19.5 Å². The number of aryl methyl sites for hydroxylation is 1. The number of hydrogen-bond acceptors (Lipinski definition) is 5. The molecule has 2 aliphatic rings. The molecule has 2 aliphatic heterocycles.